The van der Waals surface area contributed by atoms with Gasteiger partial charge in [0.2, 0.25) is 0 Å². The normalized spacial score (nSPS) is 17.8. The van der Waals surface area contributed by atoms with Gasteiger partial charge in [0.1, 0.15) is 0 Å². The molecule has 0 aromatic heterocycles. The highest BCUT2D eigenvalue weighted by atomic mass is 15.5. The monoisotopic (exact) mass is 219 g/mol. The molecule has 0 radical (unpaired) electrons. The third-order valence-corrected chi connectivity index (χ3v) is 3.04. The lowest BCUT2D eigenvalue weighted by molar-refractivity contribution is 0.245. The number of rotatable bonds is 5. The van der Waals surface area contributed by atoms with E-state index in [1.807, 2.05) is 19.1 Å². The van der Waals surface area contributed by atoms with Gasteiger partial charge in [0, 0.05) is 20.6 Å². The second-order valence-corrected chi connectivity index (χ2v) is 4.75. The van der Waals surface area contributed by atoms with Crippen LogP contribution in [0, 0.1) is 0 Å². The maximum atomic E-state index is 5.77. The van der Waals surface area contributed by atoms with E-state index in [4.69, 9.17) is 5.73 Å². The summed E-state index contributed by atoms with van der Waals surface area (Å²) in [5.74, 6) is 0.826. The van der Waals surface area contributed by atoms with E-state index in [1.54, 1.807) is 0 Å². The number of nitrogens with two attached hydrogens (primary N) is 1. The van der Waals surface area contributed by atoms with Crippen LogP contribution in [-0.4, -0.2) is 25.6 Å². The highest BCUT2D eigenvalue weighted by molar-refractivity contribution is 5.29. The van der Waals surface area contributed by atoms with Gasteiger partial charge in [0.05, 0.1) is 6.04 Å². The van der Waals surface area contributed by atoms with Crippen molar-refractivity contribution in [2.75, 3.05) is 20.6 Å². The molecule has 3 heteroatoms. The molecule has 1 aliphatic rings. The Morgan fingerprint density at radius 1 is 1.31 bits per heavy atom. The van der Waals surface area contributed by atoms with Crippen LogP contribution in [-0.2, 0) is 0 Å². The van der Waals surface area contributed by atoms with Crippen LogP contribution in [0.15, 0.2) is 24.3 Å². The van der Waals surface area contributed by atoms with E-state index >= 15 is 0 Å². The first kappa shape index (κ1) is 11.6. The van der Waals surface area contributed by atoms with Gasteiger partial charge >= 0.3 is 0 Å². The molecule has 2 rings (SSSR count). The van der Waals surface area contributed by atoms with Gasteiger partial charge < -0.3 is 5.73 Å². The van der Waals surface area contributed by atoms with Crippen molar-refractivity contribution in [2.24, 2.45) is 5.73 Å². The lowest BCUT2D eigenvalue weighted by atomic mass is 10.0. The van der Waals surface area contributed by atoms with Gasteiger partial charge in [-0.3, -0.25) is 0 Å². The van der Waals surface area contributed by atoms with Gasteiger partial charge in [-0.15, -0.1) is 0 Å². The zero-order valence-electron chi connectivity index (χ0n) is 10.1. The molecule has 3 N–H and O–H groups in total. The first-order valence-corrected chi connectivity index (χ1v) is 5.94. The molecule has 16 heavy (non-hydrogen) atoms. The second kappa shape index (κ2) is 4.95. The quantitative estimate of drug-likeness (QED) is 0.740. The van der Waals surface area contributed by atoms with Crippen LogP contribution in [0.5, 0.6) is 0 Å². The van der Waals surface area contributed by atoms with Crippen molar-refractivity contribution < 1.29 is 0 Å². The Balaban J connectivity index is 2.05. The average molecular weight is 219 g/mol. The molecule has 0 heterocycles. The van der Waals surface area contributed by atoms with E-state index in [1.165, 1.54) is 24.0 Å². The Hall–Kier alpha value is -0.900. The molecule has 3 nitrogen and oxygen atoms in total. The molecule has 1 atom stereocenters. The van der Waals surface area contributed by atoms with Crippen molar-refractivity contribution in [2.45, 2.75) is 24.8 Å². The van der Waals surface area contributed by atoms with Crippen LogP contribution in [0.4, 0.5) is 0 Å². The van der Waals surface area contributed by atoms with Gasteiger partial charge in [-0.25, -0.2) is 10.4 Å². The molecule has 0 spiro atoms. The van der Waals surface area contributed by atoms with Gasteiger partial charge in [-0.1, -0.05) is 24.3 Å². The van der Waals surface area contributed by atoms with E-state index in [9.17, 15) is 0 Å². The Kier molecular flexibility index (Phi) is 3.59. The molecular formula is C13H21N3. The van der Waals surface area contributed by atoms with E-state index < -0.39 is 0 Å². The minimum absolute atomic E-state index is 0.211. The zero-order chi connectivity index (χ0) is 11.5. The molecule has 0 amide bonds. The smallest absolute Gasteiger partial charge is 0.0586 e. The summed E-state index contributed by atoms with van der Waals surface area (Å²) >= 11 is 0. The topological polar surface area (TPSA) is 41.3 Å². The molecule has 1 aromatic carbocycles. The standard InChI is InChI=1S/C13H21N3/c1-16(2)15-13(9-14)12-7-5-11(6-8-12)10-3-4-10/h5-8,10,13,15H,3-4,9,14H2,1-2H3. The summed E-state index contributed by atoms with van der Waals surface area (Å²) in [6, 6.07) is 9.09. The van der Waals surface area contributed by atoms with Crippen molar-refractivity contribution in [1.29, 1.82) is 0 Å². The van der Waals surface area contributed by atoms with E-state index in [-0.39, 0.29) is 6.04 Å². The SMILES string of the molecule is CN(C)NC(CN)c1ccc(C2CC2)cc1. The van der Waals surface area contributed by atoms with E-state index in [0.29, 0.717) is 6.54 Å². The van der Waals surface area contributed by atoms with Crippen LogP contribution < -0.4 is 11.2 Å². The van der Waals surface area contributed by atoms with Crippen LogP contribution in [0.1, 0.15) is 35.9 Å². The van der Waals surface area contributed by atoms with Crippen LogP contribution >= 0.6 is 0 Å². The molecule has 0 saturated heterocycles. The molecule has 1 aromatic rings. The third kappa shape index (κ3) is 2.82. The molecule has 1 unspecified atom stereocenters. The first-order valence-electron chi connectivity index (χ1n) is 5.94. The highest BCUT2D eigenvalue weighted by Crippen LogP contribution is 2.40. The molecule has 1 saturated carbocycles. The minimum atomic E-state index is 0.211. The summed E-state index contributed by atoms with van der Waals surface area (Å²) in [5, 5.41) is 1.95. The number of hydrogen-bond acceptors (Lipinski definition) is 3. The number of hydrazine groups is 1. The van der Waals surface area contributed by atoms with Crippen molar-refractivity contribution in [3.05, 3.63) is 35.4 Å². The lowest BCUT2D eigenvalue weighted by Crippen LogP contribution is -2.37. The fourth-order valence-electron chi connectivity index (χ4n) is 1.99. The fourth-order valence-corrected chi connectivity index (χ4v) is 1.99. The van der Waals surface area contributed by atoms with Gasteiger partial charge in [0.25, 0.3) is 0 Å². The Bertz CT molecular complexity index is 328. The predicted octanol–water partition coefficient (Wildman–Crippen LogP) is 1.63. The number of nitrogens with zero attached hydrogens (tertiary/aromatic N) is 1. The maximum absolute atomic E-state index is 5.77. The Morgan fingerprint density at radius 2 is 1.94 bits per heavy atom. The summed E-state index contributed by atoms with van der Waals surface area (Å²) in [7, 11) is 3.97. The van der Waals surface area contributed by atoms with Gasteiger partial charge in [0.15, 0.2) is 0 Å². The number of benzene rings is 1. The summed E-state index contributed by atoms with van der Waals surface area (Å²) in [4.78, 5) is 0. The summed E-state index contributed by atoms with van der Waals surface area (Å²) in [6.07, 6.45) is 2.71. The van der Waals surface area contributed by atoms with Crippen LogP contribution in [0.25, 0.3) is 0 Å². The van der Waals surface area contributed by atoms with Crippen molar-refractivity contribution >= 4 is 0 Å². The predicted molar refractivity (Wildman–Crippen MR) is 67.0 cm³/mol. The Labute approximate surface area is 97.6 Å². The van der Waals surface area contributed by atoms with Crippen molar-refractivity contribution in [3.8, 4) is 0 Å². The lowest BCUT2D eigenvalue weighted by Gasteiger charge is -2.22. The molecule has 0 bridgehead atoms. The average Bonchev–Trinajstić information content (AvgIpc) is 3.10. The van der Waals surface area contributed by atoms with E-state index in [2.05, 4.69) is 29.7 Å². The van der Waals surface area contributed by atoms with Crippen LogP contribution in [0.3, 0.4) is 0 Å². The zero-order valence-corrected chi connectivity index (χ0v) is 10.1. The molecular weight excluding hydrogens is 198 g/mol. The first-order chi connectivity index (χ1) is 7.70. The van der Waals surface area contributed by atoms with Crippen molar-refractivity contribution in [1.82, 2.24) is 10.4 Å². The molecule has 0 aliphatic heterocycles. The number of nitrogens with one attached hydrogen (secondary N) is 1. The minimum Gasteiger partial charge on any atom is -0.329 e. The number of hydrogen-bond donors (Lipinski definition) is 2. The summed E-state index contributed by atoms with van der Waals surface area (Å²) in [5.41, 5.74) is 11.8. The maximum Gasteiger partial charge on any atom is 0.0586 e. The fraction of sp³-hybridized carbons (Fsp3) is 0.538. The molecule has 88 valence electrons. The summed E-state index contributed by atoms with van der Waals surface area (Å²) < 4.78 is 0. The van der Waals surface area contributed by atoms with Crippen molar-refractivity contribution in [3.63, 3.8) is 0 Å². The largest absolute Gasteiger partial charge is 0.329 e. The third-order valence-electron chi connectivity index (χ3n) is 3.04. The van der Waals surface area contributed by atoms with Crippen LogP contribution in [0.2, 0.25) is 0 Å². The summed E-state index contributed by atoms with van der Waals surface area (Å²) in [6.45, 7) is 0.612. The molecule has 1 aliphatic carbocycles. The van der Waals surface area contributed by atoms with Gasteiger partial charge in [-0.05, 0) is 29.9 Å². The second-order valence-electron chi connectivity index (χ2n) is 4.75. The molecule has 1 fully saturated rings. The van der Waals surface area contributed by atoms with E-state index in [0.717, 1.165) is 5.92 Å². The Morgan fingerprint density at radius 3 is 2.38 bits per heavy atom. The van der Waals surface area contributed by atoms with Gasteiger partial charge in [-0.2, -0.15) is 0 Å². The highest BCUT2D eigenvalue weighted by Gasteiger charge is 2.23.